The second-order valence-corrected chi connectivity index (χ2v) is 6.62. The van der Waals surface area contributed by atoms with E-state index in [1.807, 2.05) is 14.1 Å². The van der Waals surface area contributed by atoms with E-state index in [9.17, 15) is 0 Å². The van der Waals surface area contributed by atoms with Gasteiger partial charge < -0.3 is 15.1 Å². The molecule has 0 radical (unpaired) electrons. The van der Waals surface area contributed by atoms with Gasteiger partial charge in [-0.2, -0.15) is 15.0 Å². The van der Waals surface area contributed by atoms with Crippen molar-refractivity contribution in [3.8, 4) is 0 Å². The normalized spacial score (nSPS) is 15.6. The van der Waals surface area contributed by atoms with Gasteiger partial charge in [0.25, 0.3) is 0 Å². The summed E-state index contributed by atoms with van der Waals surface area (Å²) in [5.41, 5.74) is 0.203. The smallest absolute Gasteiger partial charge is 0.231 e. The fourth-order valence-electron chi connectivity index (χ4n) is 2.48. The predicted octanol–water partition coefficient (Wildman–Crippen LogP) is 2.00. The van der Waals surface area contributed by atoms with Gasteiger partial charge in [-0.1, -0.05) is 20.8 Å². The highest BCUT2D eigenvalue weighted by molar-refractivity contribution is 5.45. The molecule has 0 atom stereocenters. The Morgan fingerprint density at radius 1 is 1.15 bits per heavy atom. The topological polar surface area (TPSA) is 57.2 Å². The lowest BCUT2D eigenvalue weighted by atomic mass is 9.96. The van der Waals surface area contributed by atoms with Crippen molar-refractivity contribution in [1.82, 2.24) is 15.0 Å². The lowest BCUT2D eigenvalue weighted by Crippen LogP contribution is -2.31. The SMILES string of the molecule is CNc1nc(N(C)CC(C)(C)C)nc(N2CCCC2)n1. The first-order chi connectivity index (χ1) is 9.39. The largest absolute Gasteiger partial charge is 0.357 e. The minimum atomic E-state index is 0.203. The molecule has 20 heavy (non-hydrogen) atoms. The van der Waals surface area contributed by atoms with E-state index in [2.05, 4.69) is 50.8 Å². The molecule has 112 valence electrons. The Bertz CT molecular complexity index is 447. The van der Waals surface area contributed by atoms with Crippen molar-refractivity contribution in [2.45, 2.75) is 33.6 Å². The van der Waals surface area contributed by atoms with Gasteiger partial charge in [0.1, 0.15) is 0 Å². The van der Waals surface area contributed by atoms with Crippen LogP contribution in [0.3, 0.4) is 0 Å². The third-order valence-electron chi connectivity index (χ3n) is 3.28. The number of rotatable bonds is 4. The first kappa shape index (κ1) is 14.8. The molecule has 6 heteroatoms. The van der Waals surface area contributed by atoms with Crippen LogP contribution in [0.5, 0.6) is 0 Å². The van der Waals surface area contributed by atoms with Gasteiger partial charge >= 0.3 is 0 Å². The van der Waals surface area contributed by atoms with E-state index in [4.69, 9.17) is 0 Å². The third kappa shape index (κ3) is 3.71. The van der Waals surface area contributed by atoms with Crippen LogP contribution < -0.4 is 15.1 Å². The summed E-state index contributed by atoms with van der Waals surface area (Å²) >= 11 is 0. The molecule has 0 aliphatic carbocycles. The van der Waals surface area contributed by atoms with Crippen molar-refractivity contribution in [3.05, 3.63) is 0 Å². The molecule has 6 nitrogen and oxygen atoms in total. The highest BCUT2D eigenvalue weighted by Gasteiger charge is 2.20. The molecular formula is C14H26N6. The van der Waals surface area contributed by atoms with Crippen LogP contribution in [0.1, 0.15) is 33.6 Å². The molecule has 1 fully saturated rings. The van der Waals surface area contributed by atoms with Gasteiger partial charge in [-0.15, -0.1) is 0 Å². The van der Waals surface area contributed by atoms with Crippen LogP contribution in [-0.2, 0) is 0 Å². The van der Waals surface area contributed by atoms with E-state index in [0.29, 0.717) is 5.95 Å². The van der Waals surface area contributed by atoms with Crippen molar-refractivity contribution >= 4 is 17.8 Å². The number of anilines is 3. The van der Waals surface area contributed by atoms with Crippen molar-refractivity contribution in [2.24, 2.45) is 5.41 Å². The van der Waals surface area contributed by atoms with Crippen molar-refractivity contribution in [3.63, 3.8) is 0 Å². The van der Waals surface area contributed by atoms with Gasteiger partial charge in [0.2, 0.25) is 17.8 Å². The van der Waals surface area contributed by atoms with Crippen LogP contribution in [0.2, 0.25) is 0 Å². The summed E-state index contributed by atoms with van der Waals surface area (Å²) in [7, 11) is 3.88. The monoisotopic (exact) mass is 278 g/mol. The van der Waals surface area contributed by atoms with Crippen LogP contribution in [-0.4, -0.2) is 48.7 Å². The molecule has 0 unspecified atom stereocenters. The molecule has 1 aliphatic heterocycles. The molecule has 1 N–H and O–H groups in total. The van der Waals surface area contributed by atoms with Gasteiger partial charge in [-0.25, -0.2) is 0 Å². The van der Waals surface area contributed by atoms with Crippen LogP contribution in [0.15, 0.2) is 0 Å². The maximum absolute atomic E-state index is 4.64. The number of aromatic nitrogens is 3. The molecule has 0 saturated carbocycles. The number of hydrogen-bond acceptors (Lipinski definition) is 6. The standard InChI is InChI=1S/C14H26N6/c1-14(2,3)10-19(5)12-16-11(15-4)17-13(18-12)20-8-6-7-9-20/h6-10H2,1-5H3,(H,15,16,17,18). The highest BCUT2D eigenvalue weighted by Crippen LogP contribution is 2.22. The van der Waals surface area contributed by atoms with Crippen LogP contribution in [0.4, 0.5) is 17.8 Å². The fourth-order valence-corrected chi connectivity index (χ4v) is 2.48. The molecule has 2 heterocycles. The molecule has 0 bridgehead atoms. The van der Waals surface area contributed by atoms with E-state index in [0.717, 1.165) is 31.5 Å². The van der Waals surface area contributed by atoms with E-state index in [-0.39, 0.29) is 5.41 Å². The van der Waals surface area contributed by atoms with E-state index < -0.39 is 0 Å². The minimum absolute atomic E-state index is 0.203. The van der Waals surface area contributed by atoms with Gasteiger partial charge in [0.15, 0.2) is 0 Å². The summed E-state index contributed by atoms with van der Waals surface area (Å²) in [6.07, 6.45) is 2.43. The zero-order valence-corrected chi connectivity index (χ0v) is 13.3. The first-order valence-corrected chi connectivity index (χ1v) is 7.29. The summed E-state index contributed by atoms with van der Waals surface area (Å²) in [4.78, 5) is 17.9. The van der Waals surface area contributed by atoms with Crippen LogP contribution in [0, 0.1) is 5.41 Å². The molecular weight excluding hydrogens is 252 g/mol. The molecule has 0 spiro atoms. The van der Waals surface area contributed by atoms with Gasteiger partial charge in [0.05, 0.1) is 0 Å². The Morgan fingerprint density at radius 2 is 1.80 bits per heavy atom. The Labute approximate surface area is 121 Å². The number of hydrogen-bond donors (Lipinski definition) is 1. The molecule has 1 aromatic rings. The van der Waals surface area contributed by atoms with E-state index in [1.54, 1.807) is 0 Å². The summed E-state index contributed by atoms with van der Waals surface area (Å²) in [6, 6.07) is 0. The predicted molar refractivity (Wildman–Crippen MR) is 83.5 cm³/mol. The second kappa shape index (κ2) is 5.81. The minimum Gasteiger partial charge on any atom is -0.357 e. The Hall–Kier alpha value is -1.59. The number of nitrogens with zero attached hydrogens (tertiary/aromatic N) is 5. The molecule has 1 saturated heterocycles. The zero-order valence-electron chi connectivity index (χ0n) is 13.3. The Morgan fingerprint density at radius 3 is 2.35 bits per heavy atom. The quantitative estimate of drug-likeness (QED) is 0.909. The van der Waals surface area contributed by atoms with Gasteiger partial charge in [0, 0.05) is 33.7 Å². The molecule has 1 aliphatic rings. The summed E-state index contributed by atoms with van der Waals surface area (Å²) in [6.45, 7) is 9.62. The summed E-state index contributed by atoms with van der Waals surface area (Å²) < 4.78 is 0. The van der Waals surface area contributed by atoms with Crippen molar-refractivity contribution < 1.29 is 0 Å². The van der Waals surface area contributed by atoms with Crippen LogP contribution in [0.25, 0.3) is 0 Å². The van der Waals surface area contributed by atoms with E-state index >= 15 is 0 Å². The lowest BCUT2D eigenvalue weighted by Gasteiger charge is -2.27. The number of nitrogens with one attached hydrogen (secondary N) is 1. The Kier molecular flexibility index (Phi) is 4.30. The fraction of sp³-hybridized carbons (Fsp3) is 0.786. The molecule has 0 amide bonds. The average Bonchev–Trinajstić information content (AvgIpc) is 2.90. The van der Waals surface area contributed by atoms with Crippen molar-refractivity contribution in [1.29, 1.82) is 0 Å². The summed E-state index contributed by atoms with van der Waals surface area (Å²) in [5.74, 6) is 2.16. The summed E-state index contributed by atoms with van der Waals surface area (Å²) in [5, 5.41) is 3.03. The second-order valence-electron chi connectivity index (χ2n) is 6.62. The maximum atomic E-state index is 4.64. The Balaban J connectivity index is 2.25. The lowest BCUT2D eigenvalue weighted by molar-refractivity contribution is 0.416. The van der Waals surface area contributed by atoms with Gasteiger partial charge in [-0.3, -0.25) is 0 Å². The molecule has 0 aromatic carbocycles. The maximum Gasteiger partial charge on any atom is 0.231 e. The average molecular weight is 278 g/mol. The first-order valence-electron chi connectivity index (χ1n) is 7.29. The van der Waals surface area contributed by atoms with Gasteiger partial charge in [-0.05, 0) is 18.3 Å². The van der Waals surface area contributed by atoms with Crippen molar-refractivity contribution in [2.75, 3.05) is 48.8 Å². The van der Waals surface area contributed by atoms with E-state index in [1.165, 1.54) is 12.8 Å². The highest BCUT2D eigenvalue weighted by atomic mass is 15.4. The molecule has 2 rings (SSSR count). The third-order valence-corrected chi connectivity index (χ3v) is 3.28. The zero-order chi connectivity index (χ0) is 14.8. The molecule has 1 aromatic heterocycles. The van der Waals surface area contributed by atoms with Crippen LogP contribution >= 0.6 is 0 Å².